The zero-order chi connectivity index (χ0) is 18.6. The quantitative estimate of drug-likeness (QED) is 0.651. The van der Waals surface area contributed by atoms with Crippen molar-refractivity contribution in [2.45, 2.75) is 5.60 Å². The summed E-state index contributed by atoms with van der Waals surface area (Å²) in [7, 11) is 1.29. The van der Waals surface area contributed by atoms with E-state index in [0.717, 1.165) is 0 Å². The molecule has 1 atom stereocenters. The predicted octanol–water partition coefficient (Wildman–Crippen LogP) is 2.79. The molecule has 2 heterocycles. The molecule has 0 unspecified atom stereocenters. The van der Waals surface area contributed by atoms with Crippen molar-refractivity contribution in [2.75, 3.05) is 13.7 Å². The van der Waals surface area contributed by atoms with Crippen molar-refractivity contribution in [3.8, 4) is 0 Å². The first kappa shape index (κ1) is 17.9. The van der Waals surface area contributed by atoms with E-state index in [-0.39, 0.29) is 12.5 Å². The highest BCUT2D eigenvalue weighted by atomic mass is 32.1. The van der Waals surface area contributed by atoms with E-state index in [1.54, 1.807) is 18.2 Å². The SMILES string of the molecule is COC(=O)c1ccc(C(=O)NC[C@@](O)(c2ccco2)c2cccs2)cc1. The lowest BCUT2D eigenvalue weighted by molar-refractivity contribution is 0.0554. The fraction of sp³-hybridized carbons (Fsp3) is 0.158. The second kappa shape index (κ2) is 7.55. The maximum Gasteiger partial charge on any atom is 0.337 e. The zero-order valence-corrected chi connectivity index (χ0v) is 14.8. The van der Waals surface area contributed by atoms with Crippen LogP contribution in [0.5, 0.6) is 0 Å². The number of thiophene rings is 1. The molecule has 1 amide bonds. The van der Waals surface area contributed by atoms with Crippen LogP contribution in [-0.4, -0.2) is 30.6 Å². The van der Waals surface area contributed by atoms with Gasteiger partial charge >= 0.3 is 5.97 Å². The molecule has 2 N–H and O–H groups in total. The molecule has 134 valence electrons. The second-order valence-electron chi connectivity index (χ2n) is 5.57. The topological polar surface area (TPSA) is 88.8 Å². The van der Waals surface area contributed by atoms with Crippen LogP contribution in [0.15, 0.2) is 64.6 Å². The highest BCUT2D eigenvalue weighted by molar-refractivity contribution is 7.10. The Kier molecular flexibility index (Phi) is 5.20. The Morgan fingerprint density at radius 2 is 1.88 bits per heavy atom. The van der Waals surface area contributed by atoms with Gasteiger partial charge in [-0.3, -0.25) is 4.79 Å². The molecule has 7 heteroatoms. The first-order chi connectivity index (χ1) is 12.5. The molecular weight excluding hydrogens is 354 g/mol. The summed E-state index contributed by atoms with van der Waals surface area (Å²) >= 11 is 1.37. The maximum atomic E-state index is 12.4. The lowest BCUT2D eigenvalue weighted by atomic mass is 9.98. The lowest BCUT2D eigenvalue weighted by Gasteiger charge is -2.25. The van der Waals surface area contributed by atoms with Gasteiger partial charge in [0.15, 0.2) is 5.60 Å². The molecule has 3 rings (SSSR count). The van der Waals surface area contributed by atoms with E-state index in [4.69, 9.17) is 4.42 Å². The Morgan fingerprint density at radius 3 is 2.46 bits per heavy atom. The normalized spacial score (nSPS) is 13.0. The lowest BCUT2D eigenvalue weighted by Crippen LogP contribution is -2.41. The molecule has 0 aliphatic heterocycles. The second-order valence-corrected chi connectivity index (χ2v) is 6.51. The molecule has 0 saturated carbocycles. The van der Waals surface area contributed by atoms with Crippen molar-refractivity contribution in [1.29, 1.82) is 0 Å². The van der Waals surface area contributed by atoms with Gasteiger partial charge in [-0.2, -0.15) is 0 Å². The summed E-state index contributed by atoms with van der Waals surface area (Å²) in [6, 6.07) is 13.0. The number of esters is 1. The third kappa shape index (κ3) is 3.54. The van der Waals surface area contributed by atoms with Crippen LogP contribution >= 0.6 is 11.3 Å². The van der Waals surface area contributed by atoms with Crippen molar-refractivity contribution in [3.05, 3.63) is 81.9 Å². The van der Waals surface area contributed by atoms with Gasteiger partial charge in [0.2, 0.25) is 0 Å². The van der Waals surface area contributed by atoms with Crippen LogP contribution in [0.1, 0.15) is 31.4 Å². The summed E-state index contributed by atoms with van der Waals surface area (Å²) in [5.41, 5.74) is -0.736. The number of hydrogen-bond donors (Lipinski definition) is 2. The molecule has 0 spiro atoms. The minimum absolute atomic E-state index is 0.0569. The van der Waals surface area contributed by atoms with Gasteiger partial charge in [0.25, 0.3) is 5.91 Å². The number of amides is 1. The minimum atomic E-state index is -1.46. The molecule has 0 bridgehead atoms. The highest BCUT2D eigenvalue weighted by Gasteiger charge is 2.36. The first-order valence-corrected chi connectivity index (χ1v) is 8.69. The third-order valence-corrected chi connectivity index (χ3v) is 4.95. The molecule has 0 aliphatic rings. The number of furan rings is 1. The molecule has 0 aliphatic carbocycles. The number of rotatable bonds is 6. The average molecular weight is 371 g/mol. The summed E-state index contributed by atoms with van der Waals surface area (Å²) in [6.07, 6.45) is 1.47. The van der Waals surface area contributed by atoms with E-state index in [2.05, 4.69) is 10.1 Å². The van der Waals surface area contributed by atoms with Gasteiger partial charge in [0.1, 0.15) is 5.76 Å². The maximum absolute atomic E-state index is 12.4. The van der Waals surface area contributed by atoms with Crippen LogP contribution in [0.4, 0.5) is 0 Å². The number of ether oxygens (including phenoxy) is 1. The van der Waals surface area contributed by atoms with Gasteiger partial charge in [-0.05, 0) is 47.8 Å². The van der Waals surface area contributed by atoms with Crippen LogP contribution in [0, 0.1) is 0 Å². The standard InChI is InChI=1S/C19H17NO5S/c1-24-18(22)14-8-6-13(7-9-14)17(21)20-12-19(23,15-4-2-10-25-15)16-5-3-11-26-16/h2-11,23H,12H2,1H3,(H,20,21)/t19-/m1/s1. The summed E-state index contributed by atoms with van der Waals surface area (Å²) in [5, 5.41) is 15.7. The molecule has 0 fully saturated rings. The first-order valence-electron chi connectivity index (χ1n) is 7.81. The van der Waals surface area contributed by atoms with E-state index < -0.39 is 11.6 Å². The van der Waals surface area contributed by atoms with Gasteiger partial charge in [0, 0.05) is 10.4 Å². The number of carbonyl (C=O) groups excluding carboxylic acids is 2. The van der Waals surface area contributed by atoms with E-state index in [1.165, 1.54) is 49.0 Å². The van der Waals surface area contributed by atoms with E-state index in [1.807, 2.05) is 11.4 Å². The van der Waals surface area contributed by atoms with Gasteiger partial charge < -0.3 is 19.6 Å². The highest BCUT2D eigenvalue weighted by Crippen LogP contribution is 2.32. The summed E-state index contributed by atoms with van der Waals surface area (Å²) in [6.45, 7) is -0.0569. The Labute approximate surface area is 154 Å². The van der Waals surface area contributed by atoms with Gasteiger partial charge in [0.05, 0.1) is 25.5 Å². The molecule has 26 heavy (non-hydrogen) atoms. The smallest absolute Gasteiger partial charge is 0.337 e. The van der Waals surface area contributed by atoms with E-state index >= 15 is 0 Å². The van der Waals surface area contributed by atoms with Crippen molar-refractivity contribution in [1.82, 2.24) is 5.32 Å². The Morgan fingerprint density at radius 1 is 1.15 bits per heavy atom. The number of nitrogens with one attached hydrogen (secondary N) is 1. The molecule has 0 saturated heterocycles. The fourth-order valence-corrected chi connectivity index (χ4v) is 3.34. The Hall–Kier alpha value is -2.90. The van der Waals surface area contributed by atoms with Crippen LogP contribution < -0.4 is 5.32 Å². The molecular formula is C19H17NO5S. The third-order valence-electron chi connectivity index (χ3n) is 3.93. The average Bonchev–Trinajstić information content (AvgIpc) is 3.39. The van der Waals surface area contributed by atoms with Crippen molar-refractivity contribution in [3.63, 3.8) is 0 Å². The Balaban J connectivity index is 1.75. The van der Waals surface area contributed by atoms with Crippen LogP contribution in [0.2, 0.25) is 0 Å². The Bertz CT molecular complexity index is 835. The largest absolute Gasteiger partial charge is 0.466 e. The monoisotopic (exact) mass is 371 g/mol. The van der Waals surface area contributed by atoms with Crippen molar-refractivity contribution in [2.24, 2.45) is 0 Å². The van der Waals surface area contributed by atoms with Crippen LogP contribution in [-0.2, 0) is 10.3 Å². The predicted molar refractivity (Wildman–Crippen MR) is 96.1 cm³/mol. The number of aliphatic hydroxyl groups is 1. The molecule has 2 aromatic heterocycles. The molecule has 3 aromatic rings. The van der Waals surface area contributed by atoms with Gasteiger partial charge in [-0.15, -0.1) is 11.3 Å². The van der Waals surface area contributed by atoms with Crippen LogP contribution in [0.3, 0.4) is 0 Å². The molecule has 6 nitrogen and oxygen atoms in total. The van der Waals surface area contributed by atoms with E-state index in [0.29, 0.717) is 21.8 Å². The van der Waals surface area contributed by atoms with Crippen molar-refractivity contribution >= 4 is 23.2 Å². The number of methoxy groups -OCH3 is 1. The molecule has 1 aromatic carbocycles. The van der Waals surface area contributed by atoms with E-state index in [9.17, 15) is 14.7 Å². The summed E-state index contributed by atoms with van der Waals surface area (Å²) in [5.74, 6) is -0.494. The van der Waals surface area contributed by atoms with Gasteiger partial charge in [-0.1, -0.05) is 6.07 Å². The fourth-order valence-electron chi connectivity index (χ4n) is 2.51. The number of hydrogen-bond acceptors (Lipinski definition) is 6. The molecule has 0 radical (unpaired) electrons. The number of carbonyl (C=O) groups is 2. The number of benzene rings is 1. The summed E-state index contributed by atoms with van der Waals surface area (Å²) in [4.78, 5) is 24.5. The zero-order valence-electron chi connectivity index (χ0n) is 14.0. The van der Waals surface area contributed by atoms with Crippen molar-refractivity contribution < 1.29 is 23.8 Å². The van der Waals surface area contributed by atoms with Gasteiger partial charge in [-0.25, -0.2) is 4.79 Å². The van der Waals surface area contributed by atoms with Crippen LogP contribution in [0.25, 0.3) is 0 Å². The summed E-state index contributed by atoms with van der Waals surface area (Å²) < 4.78 is 10.00. The minimum Gasteiger partial charge on any atom is -0.466 e.